The lowest BCUT2D eigenvalue weighted by molar-refractivity contribution is -0.128. The topological polar surface area (TPSA) is 32.3 Å². The van der Waals surface area contributed by atoms with Crippen LogP contribution in [0.5, 0.6) is 0 Å². The van der Waals surface area contributed by atoms with Crippen molar-refractivity contribution in [1.29, 1.82) is 0 Å². The van der Waals surface area contributed by atoms with E-state index in [-0.39, 0.29) is 5.91 Å². The average Bonchev–Trinajstić information content (AvgIpc) is 2.24. The van der Waals surface area contributed by atoms with Crippen LogP contribution in [-0.2, 0) is 4.79 Å². The van der Waals surface area contributed by atoms with Crippen LogP contribution in [0.2, 0.25) is 0 Å². The molecule has 0 bridgehead atoms. The smallest absolute Gasteiger partial charge is 0.223 e. The summed E-state index contributed by atoms with van der Waals surface area (Å²) < 4.78 is 0. The van der Waals surface area contributed by atoms with Gasteiger partial charge in [-0.25, -0.2) is 0 Å². The molecule has 1 N–H and O–H groups in total. The molecule has 1 aliphatic carbocycles. The van der Waals surface area contributed by atoms with Crippen LogP contribution in [0, 0.1) is 11.8 Å². The first-order valence-corrected chi connectivity index (χ1v) is 6.46. The Kier molecular flexibility index (Phi) is 5.26. The molecule has 1 rings (SSSR count). The van der Waals surface area contributed by atoms with Gasteiger partial charge in [0.25, 0.3) is 0 Å². The predicted octanol–water partition coefficient (Wildman–Crippen LogP) is 1.88. The van der Waals surface area contributed by atoms with Crippen LogP contribution in [0.4, 0.5) is 0 Å². The third-order valence-electron chi connectivity index (χ3n) is 3.95. The Morgan fingerprint density at radius 1 is 1.31 bits per heavy atom. The SMILES string of the molecule is CC1CCCC(NCCC(=O)N(C)C)C1C. The van der Waals surface area contributed by atoms with E-state index in [9.17, 15) is 4.79 Å². The highest BCUT2D eigenvalue weighted by Gasteiger charge is 2.26. The van der Waals surface area contributed by atoms with Crippen LogP contribution >= 0.6 is 0 Å². The monoisotopic (exact) mass is 226 g/mol. The number of carbonyl (C=O) groups is 1. The minimum atomic E-state index is 0.212. The second-order valence-corrected chi connectivity index (χ2v) is 5.37. The van der Waals surface area contributed by atoms with E-state index in [1.807, 2.05) is 14.1 Å². The number of amides is 1. The second kappa shape index (κ2) is 6.24. The molecule has 1 aliphatic rings. The molecule has 94 valence electrons. The molecule has 1 fully saturated rings. The molecule has 0 aromatic heterocycles. The standard InChI is InChI=1S/C13H26N2O/c1-10-6-5-7-12(11(10)2)14-9-8-13(16)15(3)4/h10-12,14H,5-9H2,1-4H3. The fourth-order valence-corrected chi connectivity index (χ4v) is 2.46. The molecule has 1 amide bonds. The summed E-state index contributed by atoms with van der Waals surface area (Å²) in [7, 11) is 3.63. The molecule has 0 heterocycles. The fourth-order valence-electron chi connectivity index (χ4n) is 2.46. The largest absolute Gasteiger partial charge is 0.349 e. The molecule has 0 aliphatic heterocycles. The van der Waals surface area contributed by atoms with E-state index in [2.05, 4.69) is 19.2 Å². The highest BCUT2D eigenvalue weighted by atomic mass is 16.2. The quantitative estimate of drug-likeness (QED) is 0.794. The van der Waals surface area contributed by atoms with Crippen LogP contribution in [0.25, 0.3) is 0 Å². The van der Waals surface area contributed by atoms with Crippen molar-refractivity contribution < 1.29 is 4.79 Å². The Hall–Kier alpha value is -0.570. The van der Waals surface area contributed by atoms with Gasteiger partial charge in [-0.15, -0.1) is 0 Å². The van der Waals surface area contributed by atoms with Gasteiger partial charge in [0.2, 0.25) is 5.91 Å². The summed E-state index contributed by atoms with van der Waals surface area (Å²) in [5.41, 5.74) is 0. The van der Waals surface area contributed by atoms with Crippen molar-refractivity contribution in [3.05, 3.63) is 0 Å². The first kappa shape index (κ1) is 13.5. The van der Waals surface area contributed by atoms with Gasteiger partial charge in [0.1, 0.15) is 0 Å². The van der Waals surface area contributed by atoms with Crippen molar-refractivity contribution in [2.75, 3.05) is 20.6 Å². The minimum absolute atomic E-state index is 0.212. The summed E-state index contributed by atoms with van der Waals surface area (Å²) >= 11 is 0. The number of nitrogens with one attached hydrogen (secondary N) is 1. The zero-order valence-corrected chi connectivity index (χ0v) is 11.1. The molecule has 0 aromatic carbocycles. The van der Waals surface area contributed by atoms with Gasteiger partial charge < -0.3 is 10.2 Å². The lowest BCUT2D eigenvalue weighted by atomic mass is 9.78. The van der Waals surface area contributed by atoms with Crippen molar-refractivity contribution in [3.8, 4) is 0 Å². The van der Waals surface area contributed by atoms with Gasteiger partial charge in [0, 0.05) is 33.1 Å². The van der Waals surface area contributed by atoms with Crippen molar-refractivity contribution in [2.45, 2.75) is 45.6 Å². The predicted molar refractivity (Wildman–Crippen MR) is 67.3 cm³/mol. The molecule has 0 spiro atoms. The van der Waals surface area contributed by atoms with E-state index in [4.69, 9.17) is 0 Å². The van der Waals surface area contributed by atoms with Crippen molar-refractivity contribution >= 4 is 5.91 Å². The third kappa shape index (κ3) is 3.78. The van der Waals surface area contributed by atoms with E-state index in [1.54, 1.807) is 4.90 Å². The van der Waals surface area contributed by atoms with Gasteiger partial charge in [-0.1, -0.05) is 26.7 Å². The molecule has 3 unspecified atom stereocenters. The first-order chi connectivity index (χ1) is 7.52. The van der Waals surface area contributed by atoms with Crippen LogP contribution in [0.1, 0.15) is 39.5 Å². The van der Waals surface area contributed by atoms with E-state index in [1.165, 1.54) is 19.3 Å². The molecular weight excluding hydrogens is 200 g/mol. The van der Waals surface area contributed by atoms with Gasteiger partial charge in [0.05, 0.1) is 0 Å². The van der Waals surface area contributed by atoms with Crippen LogP contribution in [-0.4, -0.2) is 37.5 Å². The van der Waals surface area contributed by atoms with Crippen LogP contribution < -0.4 is 5.32 Å². The molecule has 3 heteroatoms. The lowest BCUT2D eigenvalue weighted by Crippen LogP contribution is -2.42. The fraction of sp³-hybridized carbons (Fsp3) is 0.923. The molecule has 3 atom stereocenters. The van der Waals surface area contributed by atoms with Crippen LogP contribution in [0.15, 0.2) is 0 Å². The summed E-state index contributed by atoms with van der Waals surface area (Å²) in [5, 5.41) is 3.54. The average molecular weight is 226 g/mol. The van der Waals surface area contributed by atoms with E-state index < -0.39 is 0 Å². The van der Waals surface area contributed by atoms with Crippen LogP contribution in [0.3, 0.4) is 0 Å². The maximum atomic E-state index is 11.4. The molecule has 0 saturated heterocycles. The summed E-state index contributed by atoms with van der Waals surface area (Å²) in [6.45, 7) is 5.48. The Morgan fingerprint density at radius 3 is 2.62 bits per heavy atom. The van der Waals surface area contributed by atoms with Crippen molar-refractivity contribution in [3.63, 3.8) is 0 Å². The Bertz CT molecular complexity index is 228. The van der Waals surface area contributed by atoms with Gasteiger partial charge in [0.15, 0.2) is 0 Å². The van der Waals surface area contributed by atoms with Crippen molar-refractivity contribution in [2.24, 2.45) is 11.8 Å². The molecule has 0 aromatic rings. The molecule has 3 nitrogen and oxygen atoms in total. The Labute approximate surface area is 99.6 Å². The van der Waals surface area contributed by atoms with Gasteiger partial charge >= 0.3 is 0 Å². The maximum absolute atomic E-state index is 11.4. The van der Waals surface area contributed by atoms with Gasteiger partial charge in [-0.2, -0.15) is 0 Å². The summed E-state index contributed by atoms with van der Waals surface area (Å²) in [5.74, 6) is 1.77. The maximum Gasteiger partial charge on any atom is 0.223 e. The Balaban J connectivity index is 2.24. The number of rotatable bonds is 4. The minimum Gasteiger partial charge on any atom is -0.349 e. The highest BCUT2D eigenvalue weighted by molar-refractivity contribution is 5.75. The molecule has 0 radical (unpaired) electrons. The molecule has 1 saturated carbocycles. The summed E-state index contributed by atoms with van der Waals surface area (Å²) in [6, 6.07) is 0.610. The van der Waals surface area contributed by atoms with Gasteiger partial charge in [-0.05, 0) is 18.3 Å². The summed E-state index contributed by atoms with van der Waals surface area (Å²) in [6.07, 6.45) is 4.56. The first-order valence-electron chi connectivity index (χ1n) is 6.46. The van der Waals surface area contributed by atoms with Gasteiger partial charge in [-0.3, -0.25) is 4.79 Å². The Morgan fingerprint density at radius 2 is 2.00 bits per heavy atom. The zero-order valence-electron chi connectivity index (χ0n) is 11.1. The van der Waals surface area contributed by atoms with E-state index in [0.717, 1.165) is 18.4 Å². The van der Waals surface area contributed by atoms with E-state index in [0.29, 0.717) is 12.5 Å². The number of carbonyl (C=O) groups excluding carboxylic acids is 1. The lowest BCUT2D eigenvalue weighted by Gasteiger charge is -2.34. The number of hydrogen-bond donors (Lipinski definition) is 1. The summed E-state index contributed by atoms with van der Waals surface area (Å²) in [4.78, 5) is 13.1. The molecular formula is C13H26N2O. The number of nitrogens with zero attached hydrogens (tertiary/aromatic N) is 1. The van der Waals surface area contributed by atoms with E-state index >= 15 is 0 Å². The molecule has 16 heavy (non-hydrogen) atoms. The normalized spacial score (nSPS) is 30.1. The zero-order chi connectivity index (χ0) is 12.1. The number of hydrogen-bond acceptors (Lipinski definition) is 2. The second-order valence-electron chi connectivity index (χ2n) is 5.37. The third-order valence-corrected chi connectivity index (χ3v) is 3.95. The highest BCUT2D eigenvalue weighted by Crippen LogP contribution is 2.29. The van der Waals surface area contributed by atoms with Crippen molar-refractivity contribution in [1.82, 2.24) is 10.2 Å².